The first-order chi connectivity index (χ1) is 10.8. The van der Waals surface area contributed by atoms with E-state index in [0.717, 1.165) is 24.8 Å². The lowest BCUT2D eigenvalue weighted by Gasteiger charge is -2.44. The topological polar surface area (TPSA) is 94.9 Å². The van der Waals surface area contributed by atoms with E-state index in [9.17, 15) is 24.6 Å². The molecule has 6 heteroatoms. The summed E-state index contributed by atoms with van der Waals surface area (Å²) in [5.41, 5.74) is -0.445. The molecule has 2 fully saturated rings. The zero-order chi connectivity index (χ0) is 16.9. The van der Waals surface area contributed by atoms with Crippen molar-refractivity contribution in [2.75, 3.05) is 0 Å². The lowest BCUT2D eigenvalue weighted by atomic mass is 9.74. The zero-order valence-corrected chi connectivity index (χ0v) is 13.5. The minimum atomic E-state index is -1.25. The van der Waals surface area contributed by atoms with Crippen LogP contribution in [0.15, 0.2) is 11.6 Å². The van der Waals surface area contributed by atoms with Gasteiger partial charge in [0.25, 0.3) is 0 Å². The van der Waals surface area contributed by atoms with Gasteiger partial charge < -0.3 is 15.1 Å². The van der Waals surface area contributed by atoms with Gasteiger partial charge in [0.2, 0.25) is 5.91 Å². The molecule has 4 atom stereocenters. The SMILES string of the molecule is CC1=CC(C)C2C(=O)N(C3(C(=O)O)CCCCC3)C1C2C(=O)O. The minimum Gasteiger partial charge on any atom is -0.481 e. The maximum atomic E-state index is 13.0. The van der Waals surface area contributed by atoms with E-state index in [2.05, 4.69) is 0 Å². The monoisotopic (exact) mass is 321 g/mol. The van der Waals surface area contributed by atoms with Gasteiger partial charge in [-0.3, -0.25) is 9.59 Å². The Bertz CT molecular complexity index is 590. The fraction of sp³-hybridized carbons (Fsp3) is 0.706. The Morgan fingerprint density at radius 3 is 2.35 bits per heavy atom. The second-order valence-electron chi connectivity index (χ2n) is 7.21. The standard InChI is InChI=1S/C17H23NO5/c1-9-8-10(2)13-12(15(20)21)11(9)14(19)18(13)17(16(22)23)6-4-3-5-7-17/h8-9,11-13H,3-7H2,1-2H3,(H,20,21)(H,22,23). The van der Waals surface area contributed by atoms with Gasteiger partial charge in [-0.25, -0.2) is 4.79 Å². The molecule has 1 saturated carbocycles. The van der Waals surface area contributed by atoms with E-state index in [4.69, 9.17) is 0 Å². The first kappa shape index (κ1) is 16.0. The molecule has 23 heavy (non-hydrogen) atoms. The number of aliphatic carboxylic acids is 2. The maximum Gasteiger partial charge on any atom is 0.329 e. The van der Waals surface area contributed by atoms with Crippen LogP contribution in [0.2, 0.25) is 0 Å². The fourth-order valence-corrected chi connectivity index (χ4v) is 4.92. The molecule has 3 rings (SSSR count). The molecule has 3 aliphatic rings. The van der Waals surface area contributed by atoms with Crippen LogP contribution in [0.25, 0.3) is 0 Å². The third-order valence-corrected chi connectivity index (χ3v) is 5.91. The molecule has 0 aromatic rings. The van der Waals surface area contributed by atoms with Crippen molar-refractivity contribution < 1.29 is 24.6 Å². The molecular formula is C17H23NO5. The van der Waals surface area contributed by atoms with Crippen LogP contribution >= 0.6 is 0 Å². The lowest BCUT2D eigenvalue weighted by molar-refractivity contribution is -0.162. The predicted molar refractivity (Wildman–Crippen MR) is 81.6 cm³/mol. The molecule has 1 heterocycles. The summed E-state index contributed by atoms with van der Waals surface area (Å²) >= 11 is 0. The summed E-state index contributed by atoms with van der Waals surface area (Å²) in [5.74, 6) is -3.99. The number of carbonyl (C=O) groups excluding carboxylic acids is 1. The molecule has 0 radical (unpaired) electrons. The second-order valence-corrected chi connectivity index (χ2v) is 7.21. The maximum absolute atomic E-state index is 13.0. The number of fused-ring (bicyclic) bond motifs is 2. The van der Waals surface area contributed by atoms with Crippen molar-refractivity contribution in [1.82, 2.24) is 4.90 Å². The smallest absolute Gasteiger partial charge is 0.329 e. The lowest BCUT2D eigenvalue weighted by Crippen LogP contribution is -2.60. The van der Waals surface area contributed by atoms with Gasteiger partial charge in [-0.1, -0.05) is 37.8 Å². The minimum absolute atomic E-state index is 0.181. The third kappa shape index (κ3) is 2.11. The number of hydrogen-bond donors (Lipinski definition) is 2. The van der Waals surface area contributed by atoms with E-state index in [1.165, 1.54) is 4.90 Å². The van der Waals surface area contributed by atoms with Crippen LogP contribution in [-0.2, 0) is 14.4 Å². The quantitative estimate of drug-likeness (QED) is 0.774. The number of carboxylic acid groups (broad SMARTS) is 2. The molecular weight excluding hydrogens is 298 g/mol. The number of hydrogen-bond acceptors (Lipinski definition) is 3. The van der Waals surface area contributed by atoms with Gasteiger partial charge in [0.1, 0.15) is 5.54 Å². The summed E-state index contributed by atoms with van der Waals surface area (Å²) in [6.07, 6.45) is 5.22. The Balaban J connectivity index is 2.12. The van der Waals surface area contributed by atoms with Gasteiger partial charge in [-0.15, -0.1) is 0 Å². The van der Waals surface area contributed by atoms with Crippen molar-refractivity contribution in [3.63, 3.8) is 0 Å². The number of allylic oxidation sites excluding steroid dienone is 1. The van der Waals surface area contributed by atoms with E-state index in [0.29, 0.717) is 12.8 Å². The van der Waals surface area contributed by atoms with Gasteiger partial charge in [0.15, 0.2) is 0 Å². The molecule has 4 unspecified atom stereocenters. The second kappa shape index (κ2) is 5.35. The van der Waals surface area contributed by atoms with Crippen LogP contribution in [-0.4, -0.2) is 44.5 Å². The molecule has 6 nitrogen and oxygen atoms in total. The number of rotatable bonds is 3. The number of carboxylic acids is 2. The Kier molecular flexibility index (Phi) is 3.73. The summed E-state index contributed by atoms with van der Waals surface area (Å²) in [7, 11) is 0. The number of carbonyl (C=O) groups is 3. The van der Waals surface area contributed by atoms with E-state index in [1.807, 2.05) is 19.9 Å². The Morgan fingerprint density at radius 1 is 1.22 bits per heavy atom. The Morgan fingerprint density at radius 2 is 1.83 bits per heavy atom. The average molecular weight is 321 g/mol. The van der Waals surface area contributed by atoms with E-state index >= 15 is 0 Å². The van der Waals surface area contributed by atoms with Gasteiger partial charge in [-0.2, -0.15) is 0 Å². The number of likely N-dealkylation sites (tertiary alicyclic amines) is 1. The van der Waals surface area contributed by atoms with Crippen LogP contribution in [0.4, 0.5) is 0 Å². The highest BCUT2D eigenvalue weighted by molar-refractivity contribution is 5.95. The van der Waals surface area contributed by atoms with Crippen LogP contribution in [0.5, 0.6) is 0 Å². The van der Waals surface area contributed by atoms with Gasteiger partial charge in [0.05, 0.1) is 17.9 Å². The van der Waals surface area contributed by atoms with E-state index < -0.39 is 35.4 Å². The summed E-state index contributed by atoms with van der Waals surface area (Å²) in [4.78, 5) is 38.4. The van der Waals surface area contributed by atoms with Crippen molar-refractivity contribution in [3.05, 3.63) is 11.6 Å². The molecule has 1 amide bonds. The molecule has 1 saturated heterocycles. The molecule has 1 aliphatic heterocycles. The number of amides is 1. The van der Waals surface area contributed by atoms with Crippen LogP contribution in [0, 0.1) is 17.8 Å². The molecule has 2 N–H and O–H groups in total. The van der Waals surface area contributed by atoms with Crippen molar-refractivity contribution in [2.45, 2.75) is 57.5 Å². The molecule has 0 aromatic carbocycles. The van der Waals surface area contributed by atoms with Gasteiger partial charge in [0, 0.05) is 0 Å². The Labute approximate surface area is 135 Å². The summed E-state index contributed by atoms with van der Waals surface area (Å²) in [5, 5.41) is 19.6. The molecule has 2 aliphatic carbocycles. The largest absolute Gasteiger partial charge is 0.481 e. The van der Waals surface area contributed by atoms with Crippen LogP contribution in [0.3, 0.4) is 0 Å². The molecule has 0 spiro atoms. The van der Waals surface area contributed by atoms with E-state index in [-0.39, 0.29) is 11.8 Å². The summed E-state index contributed by atoms with van der Waals surface area (Å²) in [6.45, 7) is 3.66. The summed E-state index contributed by atoms with van der Waals surface area (Å²) < 4.78 is 0. The average Bonchev–Trinajstić information content (AvgIpc) is 2.76. The highest BCUT2D eigenvalue weighted by Gasteiger charge is 2.63. The zero-order valence-electron chi connectivity index (χ0n) is 13.5. The van der Waals surface area contributed by atoms with Crippen molar-refractivity contribution in [2.24, 2.45) is 17.8 Å². The first-order valence-electron chi connectivity index (χ1n) is 8.29. The molecule has 2 bridgehead atoms. The third-order valence-electron chi connectivity index (χ3n) is 5.91. The van der Waals surface area contributed by atoms with Gasteiger partial charge >= 0.3 is 11.9 Å². The fourth-order valence-electron chi connectivity index (χ4n) is 4.92. The van der Waals surface area contributed by atoms with Crippen LogP contribution < -0.4 is 0 Å². The van der Waals surface area contributed by atoms with Gasteiger partial charge in [-0.05, 0) is 25.7 Å². The van der Waals surface area contributed by atoms with Crippen molar-refractivity contribution >= 4 is 17.8 Å². The predicted octanol–water partition coefficient (Wildman–Crippen LogP) is 1.90. The molecule has 0 aromatic heterocycles. The Hall–Kier alpha value is -1.85. The van der Waals surface area contributed by atoms with Crippen LogP contribution in [0.1, 0.15) is 46.0 Å². The van der Waals surface area contributed by atoms with Crippen molar-refractivity contribution in [1.29, 1.82) is 0 Å². The number of nitrogens with zero attached hydrogens (tertiary/aromatic N) is 1. The van der Waals surface area contributed by atoms with Crippen molar-refractivity contribution in [3.8, 4) is 0 Å². The summed E-state index contributed by atoms with van der Waals surface area (Å²) in [6, 6.07) is -0.629. The highest BCUT2D eigenvalue weighted by Crippen LogP contribution is 2.50. The normalized spacial score (nSPS) is 35.8. The highest BCUT2D eigenvalue weighted by atomic mass is 16.4. The first-order valence-corrected chi connectivity index (χ1v) is 8.29. The van der Waals surface area contributed by atoms with E-state index in [1.54, 1.807) is 0 Å². The molecule has 126 valence electrons.